The molecule has 1 heterocycles. The molecule has 0 bridgehead atoms. The topological polar surface area (TPSA) is 38.3 Å². The van der Waals surface area contributed by atoms with E-state index in [2.05, 4.69) is 41.2 Å². The molecule has 1 aromatic rings. The third-order valence-corrected chi connectivity index (χ3v) is 3.52. The number of nitrogens with one attached hydrogen (secondary N) is 1. The fraction of sp³-hybridized carbons (Fsp3) is 0.500. The van der Waals surface area contributed by atoms with Crippen molar-refractivity contribution < 1.29 is 9.53 Å². The zero-order chi connectivity index (χ0) is 13.3. The van der Waals surface area contributed by atoms with Gasteiger partial charge in [-0.15, -0.1) is 0 Å². The Morgan fingerprint density at radius 1 is 1.50 bits per heavy atom. The smallest absolute Gasteiger partial charge is 0.230 e. The molecular formula is C14H18BrNO2. The van der Waals surface area contributed by atoms with Crippen LogP contribution in [0.1, 0.15) is 26.3 Å². The third kappa shape index (κ3) is 2.86. The first-order chi connectivity index (χ1) is 8.47. The van der Waals surface area contributed by atoms with Crippen LogP contribution in [-0.2, 0) is 11.2 Å². The molecule has 0 fully saturated rings. The van der Waals surface area contributed by atoms with Gasteiger partial charge >= 0.3 is 0 Å². The first kappa shape index (κ1) is 13.4. The van der Waals surface area contributed by atoms with Crippen molar-refractivity contribution >= 4 is 27.5 Å². The minimum absolute atomic E-state index is 0.0161. The first-order valence-corrected chi connectivity index (χ1v) is 7.02. The van der Waals surface area contributed by atoms with E-state index < -0.39 is 0 Å². The lowest BCUT2D eigenvalue weighted by Gasteiger charge is -2.13. The molecule has 1 atom stereocenters. The molecule has 18 heavy (non-hydrogen) atoms. The molecule has 0 aromatic heterocycles. The lowest BCUT2D eigenvalue weighted by atomic mass is 10.0. The van der Waals surface area contributed by atoms with Gasteiger partial charge in [-0.05, 0) is 46.0 Å². The normalized spacial score (nSPS) is 18.9. The number of benzene rings is 1. The first-order valence-electron chi connectivity index (χ1n) is 6.23. The van der Waals surface area contributed by atoms with Crippen LogP contribution in [0.4, 0.5) is 5.69 Å². The number of hydrogen-bond donors (Lipinski definition) is 1. The van der Waals surface area contributed by atoms with Crippen LogP contribution in [0.25, 0.3) is 0 Å². The van der Waals surface area contributed by atoms with Gasteiger partial charge in [-0.1, -0.05) is 20.8 Å². The quantitative estimate of drug-likeness (QED) is 0.906. The Bertz CT molecular complexity index is 471. The molecule has 1 aromatic carbocycles. The largest absolute Gasteiger partial charge is 0.489 e. The van der Waals surface area contributed by atoms with Crippen molar-refractivity contribution in [1.82, 2.24) is 0 Å². The molecule has 0 saturated heterocycles. The minimum Gasteiger partial charge on any atom is -0.489 e. The fourth-order valence-electron chi connectivity index (χ4n) is 2.02. The van der Waals surface area contributed by atoms with Gasteiger partial charge in [-0.3, -0.25) is 4.79 Å². The number of rotatable bonds is 2. The van der Waals surface area contributed by atoms with Crippen molar-refractivity contribution in [3.05, 3.63) is 22.2 Å². The van der Waals surface area contributed by atoms with E-state index in [1.54, 1.807) is 0 Å². The van der Waals surface area contributed by atoms with Crippen LogP contribution < -0.4 is 10.1 Å². The van der Waals surface area contributed by atoms with Crippen molar-refractivity contribution in [2.75, 3.05) is 11.9 Å². The van der Waals surface area contributed by atoms with Gasteiger partial charge in [-0.25, -0.2) is 0 Å². The maximum atomic E-state index is 11.8. The number of carbonyl (C=O) groups excluding carboxylic acids is 1. The van der Waals surface area contributed by atoms with Crippen molar-refractivity contribution in [2.24, 2.45) is 11.8 Å². The molecule has 0 spiro atoms. The van der Waals surface area contributed by atoms with Gasteiger partial charge in [-0.2, -0.15) is 0 Å². The molecule has 1 aliphatic heterocycles. The molecule has 3 nitrogen and oxygen atoms in total. The molecule has 1 aliphatic rings. The number of anilines is 1. The highest BCUT2D eigenvalue weighted by molar-refractivity contribution is 9.10. The zero-order valence-electron chi connectivity index (χ0n) is 10.9. The Kier molecular flexibility index (Phi) is 3.95. The van der Waals surface area contributed by atoms with E-state index in [0.717, 1.165) is 22.3 Å². The summed E-state index contributed by atoms with van der Waals surface area (Å²) in [7, 11) is 0. The van der Waals surface area contributed by atoms with E-state index in [-0.39, 0.29) is 11.8 Å². The van der Waals surface area contributed by atoms with Crippen LogP contribution >= 0.6 is 15.9 Å². The van der Waals surface area contributed by atoms with Crippen molar-refractivity contribution in [3.63, 3.8) is 0 Å². The van der Waals surface area contributed by atoms with Crippen LogP contribution in [0.15, 0.2) is 16.6 Å². The maximum absolute atomic E-state index is 11.8. The van der Waals surface area contributed by atoms with Gasteiger partial charge in [0.1, 0.15) is 0 Å². The molecule has 2 rings (SSSR count). The van der Waals surface area contributed by atoms with Gasteiger partial charge in [0.15, 0.2) is 5.75 Å². The van der Waals surface area contributed by atoms with Gasteiger partial charge in [0.25, 0.3) is 0 Å². The summed E-state index contributed by atoms with van der Waals surface area (Å²) in [6.07, 6.45) is 0.983. The number of fused-ring (bicyclic) bond motifs is 1. The summed E-state index contributed by atoms with van der Waals surface area (Å²) in [5, 5.41) is 2.93. The minimum atomic E-state index is -0.127. The molecule has 0 aliphatic carbocycles. The predicted octanol–water partition coefficient (Wildman–Crippen LogP) is 3.61. The fourth-order valence-corrected chi connectivity index (χ4v) is 2.64. The summed E-state index contributed by atoms with van der Waals surface area (Å²) in [6.45, 7) is 6.64. The number of hydrogen-bond acceptors (Lipinski definition) is 2. The summed E-state index contributed by atoms with van der Waals surface area (Å²) in [6, 6.07) is 4.08. The Morgan fingerprint density at radius 2 is 2.22 bits per heavy atom. The Balaban J connectivity index is 2.37. The van der Waals surface area contributed by atoms with Crippen molar-refractivity contribution in [3.8, 4) is 5.75 Å². The molecular weight excluding hydrogens is 294 g/mol. The van der Waals surface area contributed by atoms with E-state index in [9.17, 15) is 4.79 Å². The second kappa shape index (κ2) is 5.31. The maximum Gasteiger partial charge on any atom is 0.230 e. The summed E-state index contributed by atoms with van der Waals surface area (Å²) in [5.74, 6) is 1.21. The average molecular weight is 312 g/mol. The van der Waals surface area contributed by atoms with Crippen LogP contribution in [0.2, 0.25) is 0 Å². The summed E-state index contributed by atoms with van der Waals surface area (Å²) < 4.78 is 6.60. The van der Waals surface area contributed by atoms with E-state index in [4.69, 9.17) is 4.74 Å². The van der Waals surface area contributed by atoms with Crippen LogP contribution in [0, 0.1) is 11.8 Å². The van der Waals surface area contributed by atoms with E-state index in [1.165, 1.54) is 5.56 Å². The summed E-state index contributed by atoms with van der Waals surface area (Å²) >= 11 is 3.52. The van der Waals surface area contributed by atoms with Gasteiger partial charge < -0.3 is 10.1 Å². The number of halogens is 1. The van der Waals surface area contributed by atoms with Gasteiger partial charge in [0.05, 0.1) is 22.7 Å². The Morgan fingerprint density at radius 3 is 2.89 bits per heavy atom. The molecule has 0 saturated carbocycles. The second-order valence-corrected chi connectivity index (χ2v) is 6.11. The highest BCUT2D eigenvalue weighted by Crippen LogP contribution is 2.37. The van der Waals surface area contributed by atoms with E-state index >= 15 is 0 Å². The van der Waals surface area contributed by atoms with E-state index in [1.807, 2.05) is 13.0 Å². The second-order valence-electron chi connectivity index (χ2n) is 5.25. The third-order valence-electron chi connectivity index (χ3n) is 2.93. The zero-order valence-corrected chi connectivity index (χ0v) is 12.5. The molecule has 1 N–H and O–H groups in total. The van der Waals surface area contributed by atoms with Crippen LogP contribution in [0.3, 0.4) is 0 Å². The number of carbonyl (C=O) groups is 1. The molecule has 4 heteroatoms. The standard InChI is InChI=1S/C14H18BrNO2/c1-8(2)4-10-5-11(15)13-12(6-10)16-14(17)9(3)7-18-13/h5-6,8-9H,4,7H2,1-3H3,(H,16,17). The van der Waals surface area contributed by atoms with Crippen LogP contribution in [0.5, 0.6) is 5.75 Å². The Labute approximate surface area is 116 Å². The van der Waals surface area contributed by atoms with Gasteiger partial charge in [0, 0.05) is 0 Å². The van der Waals surface area contributed by atoms with Crippen molar-refractivity contribution in [2.45, 2.75) is 27.2 Å². The van der Waals surface area contributed by atoms with Crippen molar-refractivity contribution in [1.29, 1.82) is 0 Å². The van der Waals surface area contributed by atoms with E-state index in [0.29, 0.717) is 12.5 Å². The number of amides is 1. The SMILES string of the molecule is CC(C)Cc1cc(Br)c2c(c1)NC(=O)C(C)CO2. The molecule has 1 unspecified atom stereocenters. The average Bonchev–Trinajstić information content (AvgIpc) is 2.38. The molecule has 98 valence electrons. The highest BCUT2D eigenvalue weighted by atomic mass is 79.9. The summed E-state index contributed by atoms with van der Waals surface area (Å²) in [4.78, 5) is 11.8. The predicted molar refractivity (Wildman–Crippen MR) is 76.0 cm³/mol. The monoisotopic (exact) mass is 311 g/mol. The number of ether oxygens (including phenoxy) is 1. The molecule has 1 amide bonds. The lowest BCUT2D eigenvalue weighted by Crippen LogP contribution is -2.22. The summed E-state index contributed by atoms with van der Waals surface area (Å²) in [5.41, 5.74) is 1.98. The van der Waals surface area contributed by atoms with Crippen LogP contribution in [-0.4, -0.2) is 12.5 Å². The lowest BCUT2D eigenvalue weighted by molar-refractivity contribution is -0.119. The Hall–Kier alpha value is -1.03. The highest BCUT2D eigenvalue weighted by Gasteiger charge is 2.22. The van der Waals surface area contributed by atoms with Gasteiger partial charge in [0.2, 0.25) is 5.91 Å². The molecule has 0 radical (unpaired) electrons.